The normalized spacial score (nSPS) is 10.7. The summed E-state index contributed by atoms with van der Waals surface area (Å²) in [5.41, 5.74) is 7.43. The number of nitrogen functional groups attached to an aromatic ring is 1. The monoisotopic (exact) mass is 209 g/mol. The molecule has 1 rings (SSSR count). The molecule has 0 unspecified atom stereocenters. The highest BCUT2D eigenvalue weighted by molar-refractivity contribution is 5.49. The van der Waals surface area contributed by atoms with Gasteiger partial charge in [-0.3, -0.25) is 0 Å². The third-order valence-electron chi connectivity index (χ3n) is 2.00. The second-order valence-corrected chi connectivity index (χ2v) is 3.91. The van der Waals surface area contributed by atoms with E-state index in [0.717, 1.165) is 18.5 Å². The van der Waals surface area contributed by atoms with E-state index in [4.69, 9.17) is 10.5 Å². The van der Waals surface area contributed by atoms with Crippen molar-refractivity contribution in [2.75, 3.05) is 33.0 Å². The van der Waals surface area contributed by atoms with Crippen LogP contribution in [-0.4, -0.2) is 37.1 Å². The average Bonchev–Trinajstić information content (AvgIpc) is 2.14. The third-order valence-corrected chi connectivity index (χ3v) is 2.00. The van der Waals surface area contributed by atoms with Crippen LogP contribution in [0.15, 0.2) is 12.3 Å². The highest BCUT2D eigenvalue weighted by Crippen LogP contribution is 2.18. The Hall–Kier alpha value is -1.29. The summed E-state index contributed by atoms with van der Waals surface area (Å²) in [6.07, 6.45) is 2.74. The van der Waals surface area contributed by atoms with Gasteiger partial charge in [-0.05, 0) is 39.1 Å². The Morgan fingerprint density at radius 1 is 1.47 bits per heavy atom. The van der Waals surface area contributed by atoms with Gasteiger partial charge in [0, 0.05) is 12.7 Å². The van der Waals surface area contributed by atoms with Crippen LogP contribution in [-0.2, 0) is 0 Å². The van der Waals surface area contributed by atoms with E-state index in [9.17, 15) is 0 Å². The molecule has 0 radical (unpaired) electrons. The lowest BCUT2D eigenvalue weighted by atomic mass is 10.3. The molecule has 84 valence electrons. The number of nitrogens with zero attached hydrogens (tertiary/aromatic N) is 2. The number of anilines is 1. The molecule has 0 saturated heterocycles. The van der Waals surface area contributed by atoms with Crippen LogP contribution >= 0.6 is 0 Å². The molecule has 0 aliphatic rings. The molecular weight excluding hydrogens is 190 g/mol. The van der Waals surface area contributed by atoms with Gasteiger partial charge in [0.15, 0.2) is 0 Å². The van der Waals surface area contributed by atoms with Gasteiger partial charge < -0.3 is 15.4 Å². The maximum Gasteiger partial charge on any atom is 0.237 e. The van der Waals surface area contributed by atoms with Gasteiger partial charge in [0.25, 0.3) is 0 Å². The van der Waals surface area contributed by atoms with Gasteiger partial charge in [-0.25, -0.2) is 4.98 Å². The summed E-state index contributed by atoms with van der Waals surface area (Å²) in [7, 11) is 4.08. The highest BCUT2D eigenvalue weighted by Gasteiger charge is 2.01. The van der Waals surface area contributed by atoms with E-state index < -0.39 is 0 Å². The van der Waals surface area contributed by atoms with Crippen molar-refractivity contribution in [2.24, 2.45) is 0 Å². The van der Waals surface area contributed by atoms with Gasteiger partial charge in [-0.2, -0.15) is 0 Å². The summed E-state index contributed by atoms with van der Waals surface area (Å²) in [4.78, 5) is 6.25. The molecule has 2 N–H and O–H groups in total. The minimum atomic E-state index is 0.541. The smallest absolute Gasteiger partial charge is 0.237 e. The molecule has 0 saturated carbocycles. The van der Waals surface area contributed by atoms with Gasteiger partial charge in [0.2, 0.25) is 5.88 Å². The lowest BCUT2D eigenvalue weighted by Gasteiger charge is -2.11. The zero-order valence-corrected chi connectivity index (χ0v) is 9.66. The van der Waals surface area contributed by atoms with Crippen molar-refractivity contribution >= 4 is 5.69 Å². The molecule has 0 aliphatic heterocycles. The fraction of sp³-hybridized carbons (Fsp3) is 0.545. The van der Waals surface area contributed by atoms with Crippen molar-refractivity contribution in [3.63, 3.8) is 0 Å². The Bertz CT molecular complexity index is 313. The van der Waals surface area contributed by atoms with Crippen LogP contribution in [0.1, 0.15) is 12.0 Å². The van der Waals surface area contributed by atoms with Crippen molar-refractivity contribution in [2.45, 2.75) is 13.3 Å². The Balaban J connectivity index is 2.37. The SMILES string of the molecule is Cc1cnc(OCCCN(C)C)c(N)c1. The number of ether oxygens (including phenoxy) is 1. The third kappa shape index (κ3) is 4.16. The molecule has 0 bridgehead atoms. The lowest BCUT2D eigenvalue weighted by molar-refractivity contribution is 0.274. The zero-order chi connectivity index (χ0) is 11.3. The topological polar surface area (TPSA) is 51.4 Å². The maximum atomic E-state index is 5.77. The van der Waals surface area contributed by atoms with Gasteiger partial charge in [0.1, 0.15) is 0 Å². The molecule has 1 aromatic rings. The van der Waals surface area contributed by atoms with E-state index in [-0.39, 0.29) is 0 Å². The Morgan fingerprint density at radius 2 is 2.20 bits per heavy atom. The summed E-state index contributed by atoms with van der Waals surface area (Å²) in [6, 6.07) is 1.87. The number of aromatic nitrogens is 1. The van der Waals surface area contributed by atoms with Gasteiger partial charge in [0.05, 0.1) is 12.3 Å². The van der Waals surface area contributed by atoms with Gasteiger partial charge in [-0.15, -0.1) is 0 Å². The van der Waals surface area contributed by atoms with E-state index in [1.54, 1.807) is 6.20 Å². The average molecular weight is 209 g/mol. The molecule has 0 aromatic carbocycles. The number of rotatable bonds is 5. The standard InChI is InChI=1S/C11H19N3O/c1-9-7-10(12)11(13-8-9)15-6-4-5-14(2)3/h7-8H,4-6,12H2,1-3H3. The van der Waals surface area contributed by atoms with E-state index >= 15 is 0 Å². The first-order chi connectivity index (χ1) is 7.09. The molecule has 0 fully saturated rings. The first-order valence-electron chi connectivity index (χ1n) is 5.09. The molecule has 0 aliphatic carbocycles. The van der Waals surface area contributed by atoms with Crippen molar-refractivity contribution < 1.29 is 4.74 Å². The number of aryl methyl sites for hydroxylation is 1. The first kappa shape index (κ1) is 11.8. The van der Waals surface area contributed by atoms with E-state index in [0.29, 0.717) is 18.2 Å². The minimum Gasteiger partial charge on any atom is -0.476 e. The lowest BCUT2D eigenvalue weighted by Crippen LogP contribution is -2.16. The van der Waals surface area contributed by atoms with Gasteiger partial charge >= 0.3 is 0 Å². The summed E-state index contributed by atoms with van der Waals surface area (Å²) in [5, 5.41) is 0. The van der Waals surface area contributed by atoms with Crippen LogP contribution in [0.25, 0.3) is 0 Å². The van der Waals surface area contributed by atoms with Crippen molar-refractivity contribution in [3.05, 3.63) is 17.8 Å². The first-order valence-corrected chi connectivity index (χ1v) is 5.09. The van der Waals surface area contributed by atoms with Crippen molar-refractivity contribution in [1.82, 2.24) is 9.88 Å². The zero-order valence-electron chi connectivity index (χ0n) is 9.66. The maximum absolute atomic E-state index is 5.77. The number of hydrogen-bond donors (Lipinski definition) is 1. The van der Waals surface area contributed by atoms with Crippen LogP contribution in [0.2, 0.25) is 0 Å². The van der Waals surface area contributed by atoms with E-state index in [1.807, 2.05) is 27.1 Å². The largest absolute Gasteiger partial charge is 0.476 e. The quantitative estimate of drug-likeness (QED) is 0.743. The van der Waals surface area contributed by atoms with Crippen LogP contribution in [0.3, 0.4) is 0 Å². The summed E-state index contributed by atoms with van der Waals surface area (Å²) in [5.74, 6) is 0.541. The Labute approximate surface area is 91.1 Å². The fourth-order valence-electron chi connectivity index (χ4n) is 1.25. The summed E-state index contributed by atoms with van der Waals surface area (Å²) < 4.78 is 5.48. The fourth-order valence-corrected chi connectivity index (χ4v) is 1.25. The predicted molar refractivity (Wildman–Crippen MR) is 62.1 cm³/mol. The second-order valence-electron chi connectivity index (χ2n) is 3.91. The van der Waals surface area contributed by atoms with E-state index in [1.165, 1.54) is 0 Å². The summed E-state index contributed by atoms with van der Waals surface area (Å²) in [6.45, 7) is 3.61. The summed E-state index contributed by atoms with van der Waals surface area (Å²) >= 11 is 0. The number of nitrogens with two attached hydrogens (primary N) is 1. The molecule has 1 aromatic heterocycles. The molecule has 0 amide bonds. The molecule has 0 atom stereocenters. The highest BCUT2D eigenvalue weighted by atomic mass is 16.5. The molecule has 0 spiro atoms. The van der Waals surface area contributed by atoms with Crippen LogP contribution < -0.4 is 10.5 Å². The van der Waals surface area contributed by atoms with Crippen molar-refractivity contribution in [3.8, 4) is 5.88 Å². The van der Waals surface area contributed by atoms with Crippen LogP contribution in [0, 0.1) is 6.92 Å². The van der Waals surface area contributed by atoms with Crippen LogP contribution in [0.5, 0.6) is 5.88 Å². The Kier molecular flexibility index (Phi) is 4.37. The molecule has 4 heteroatoms. The van der Waals surface area contributed by atoms with Crippen LogP contribution in [0.4, 0.5) is 5.69 Å². The Morgan fingerprint density at radius 3 is 2.80 bits per heavy atom. The second kappa shape index (κ2) is 5.56. The predicted octanol–water partition coefficient (Wildman–Crippen LogP) is 1.30. The van der Waals surface area contributed by atoms with Crippen molar-refractivity contribution in [1.29, 1.82) is 0 Å². The molecule has 1 heterocycles. The molecule has 4 nitrogen and oxygen atoms in total. The number of pyridine rings is 1. The molecular formula is C11H19N3O. The minimum absolute atomic E-state index is 0.541. The number of hydrogen-bond acceptors (Lipinski definition) is 4. The van der Waals surface area contributed by atoms with E-state index in [2.05, 4.69) is 9.88 Å². The van der Waals surface area contributed by atoms with Gasteiger partial charge in [-0.1, -0.05) is 0 Å². The molecule has 15 heavy (non-hydrogen) atoms.